The topological polar surface area (TPSA) is 45.2 Å². The molecular formula is C13H13BrClN5. The van der Waals surface area contributed by atoms with Crippen LogP contribution in [0.3, 0.4) is 0 Å². The van der Waals surface area contributed by atoms with E-state index in [4.69, 9.17) is 11.6 Å². The molecule has 2 aromatic rings. The van der Waals surface area contributed by atoms with Gasteiger partial charge in [-0.3, -0.25) is 0 Å². The lowest BCUT2D eigenvalue weighted by Gasteiger charge is -2.36. The largest absolute Gasteiger partial charge is 0.353 e. The lowest BCUT2D eigenvalue weighted by Crippen LogP contribution is -2.47. The van der Waals surface area contributed by atoms with Crippen LogP contribution in [0.15, 0.2) is 35.2 Å². The Morgan fingerprint density at radius 2 is 1.60 bits per heavy atom. The molecule has 1 aliphatic heterocycles. The van der Waals surface area contributed by atoms with Gasteiger partial charge < -0.3 is 9.80 Å². The second kappa shape index (κ2) is 5.93. The van der Waals surface area contributed by atoms with E-state index in [0.717, 1.165) is 37.8 Å². The molecule has 2 aromatic heterocycles. The first-order chi connectivity index (χ1) is 9.72. The second-order valence-electron chi connectivity index (χ2n) is 4.48. The zero-order valence-corrected chi connectivity index (χ0v) is 13.0. The van der Waals surface area contributed by atoms with Crippen molar-refractivity contribution < 1.29 is 0 Å². The van der Waals surface area contributed by atoms with Crippen molar-refractivity contribution in [2.75, 3.05) is 36.0 Å². The molecule has 5 nitrogen and oxygen atoms in total. The van der Waals surface area contributed by atoms with E-state index in [1.54, 1.807) is 12.3 Å². The van der Waals surface area contributed by atoms with Gasteiger partial charge in [-0.25, -0.2) is 15.0 Å². The van der Waals surface area contributed by atoms with Gasteiger partial charge in [0.15, 0.2) is 4.73 Å². The fraction of sp³-hybridized carbons (Fsp3) is 0.308. The van der Waals surface area contributed by atoms with Crippen LogP contribution in [0.1, 0.15) is 0 Å². The van der Waals surface area contributed by atoms with Gasteiger partial charge in [0, 0.05) is 32.4 Å². The molecule has 0 amide bonds. The van der Waals surface area contributed by atoms with Crippen molar-refractivity contribution in [2.24, 2.45) is 0 Å². The summed E-state index contributed by atoms with van der Waals surface area (Å²) in [6.07, 6.45) is 1.76. The van der Waals surface area contributed by atoms with Gasteiger partial charge in [-0.15, -0.1) is 0 Å². The first kappa shape index (κ1) is 13.6. The summed E-state index contributed by atoms with van der Waals surface area (Å²) in [5, 5.41) is 0.532. The second-order valence-corrected chi connectivity index (χ2v) is 5.57. The summed E-state index contributed by atoms with van der Waals surface area (Å²) in [5.74, 6) is 1.88. The molecule has 1 saturated heterocycles. The molecular weight excluding hydrogens is 342 g/mol. The first-order valence-electron chi connectivity index (χ1n) is 6.33. The normalized spacial score (nSPS) is 15.5. The summed E-state index contributed by atoms with van der Waals surface area (Å²) >= 11 is 9.24. The Balaban J connectivity index is 1.68. The number of aromatic nitrogens is 3. The highest BCUT2D eigenvalue weighted by Gasteiger charge is 2.19. The van der Waals surface area contributed by atoms with Crippen molar-refractivity contribution in [2.45, 2.75) is 0 Å². The Hall–Kier alpha value is -1.40. The molecule has 0 radical (unpaired) electrons. The van der Waals surface area contributed by atoms with E-state index in [0.29, 0.717) is 9.89 Å². The van der Waals surface area contributed by atoms with E-state index in [9.17, 15) is 0 Å². The minimum atomic E-state index is 0.532. The van der Waals surface area contributed by atoms with E-state index in [2.05, 4.69) is 40.7 Å². The average Bonchev–Trinajstić information content (AvgIpc) is 2.47. The van der Waals surface area contributed by atoms with Gasteiger partial charge in [-0.2, -0.15) is 0 Å². The van der Waals surface area contributed by atoms with E-state index in [1.807, 2.05) is 18.2 Å². The molecule has 0 atom stereocenters. The molecule has 104 valence electrons. The van der Waals surface area contributed by atoms with Crippen LogP contribution in [-0.2, 0) is 0 Å². The number of hydrogen-bond donors (Lipinski definition) is 0. The van der Waals surface area contributed by atoms with Gasteiger partial charge in [0.05, 0.1) is 0 Å². The number of hydrogen-bond acceptors (Lipinski definition) is 5. The Bertz CT molecular complexity index is 547. The van der Waals surface area contributed by atoms with Crippen LogP contribution in [0.25, 0.3) is 0 Å². The van der Waals surface area contributed by atoms with Gasteiger partial charge in [0.1, 0.15) is 16.8 Å². The molecule has 1 fully saturated rings. The number of halogens is 2. The molecule has 20 heavy (non-hydrogen) atoms. The third-order valence-corrected chi connectivity index (χ3v) is 3.83. The summed E-state index contributed by atoms with van der Waals surface area (Å²) in [6.45, 7) is 3.60. The van der Waals surface area contributed by atoms with E-state index >= 15 is 0 Å². The Kier molecular flexibility index (Phi) is 4.03. The van der Waals surface area contributed by atoms with Crippen LogP contribution in [-0.4, -0.2) is 41.1 Å². The van der Waals surface area contributed by atoms with Crippen molar-refractivity contribution in [3.8, 4) is 0 Å². The number of nitrogens with zero attached hydrogens (tertiary/aromatic N) is 5. The fourth-order valence-corrected chi connectivity index (χ4v) is 2.70. The maximum atomic E-state index is 5.94. The number of piperazine rings is 1. The summed E-state index contributed by atoms with van der Waals surface area (Å²) in [7, 11) is 0. The van der Waals surface area contributed by atoms with Crippen LogP contribution in [0.5, 0.6) is 0 Å². The Morgan fingerprint density at radius 3 is 2.20 bits per heavy atom. The van der Waals surface area contributed by atoms with Crippen LogP contribution < -0.4 is 9.80 Å². The monoisotopic (exact) mass is 353 g/mol. The molecule has 3 rings (SSSR count). The van der Waals surface area contributed by atoms with E-state index in [1.165, 1.54) is 0 Å². The maximum Gasteiger partial charge on any atom is 0.198 e. The predicted octanol–water partition coefficient (Wildman–Crippen LogP) is 2.61. The third kappa shape index (κ3) is 3.02. The molecule has 7 heteroatoms. The van der Waals surface area contributed by atoms with Crippen molar-refractivity contribution >= 4 is 39.2 Å². The minimum absolute atomic E-state index is 0.532. The number of anilines is 2. The Morgan fingerprint density at radius 1 is 0.950 bits per heavy atom. The fourth-order valence-electron chi connectivity index (χ4n) is 2.24. The minimum Gasteiger partial charge on any atom is -0.353 e. The van der Waals surface area contributed by atoms with Crippen LogP contribution >= 0.6 is 27.5 Å². The summed E-state index contributed by atoms with van der Waals surface area (Å²) in [5.41, 5.74) is 0. The van der Waals surface area contributed by atoms with Gasteiger partial charge in [-0.05, 0) is 34.1 Å². The van der Waals surface area contributed by atoms with Crippen LogP contribution in [0, 0.1) is 0 Å². The van der Waals surface area contributed by atoms with Gasteiger partial charge in [0.25, 0.3) is 0 Å². The molecule has 3 heterocycles. The summed E-state index contributed by atoms with van der Waals surface area (Å²) in [4.78, 5) is 17.3. The Labute approximate surface area is 130 Å². The van der Waals surface area contributed by atoms with E-state index < -0.39 is 0 Å². The number of rotatable bonds is 2. The predicted molar refractivity (Wildman–Crippen MR) is 83.4 cm³/mol. The standard InChI is InChI=1S/C13H13BrClN5/c14-13-16-5-4-12(18-13)20-8-6-19(7-9-20)11-3-1-2-10(15)17-11/h1-5H,6-9H2. The van der Waals surface area contributed by atoms with Crippen LogP contribution in [0.2, 0.25) is 5.15 Å². The maximum absolute atomic E-state index is 5.94. The molecule has 0 unspecified atom stereocenters. The van der Waals surface area contributed by atoms with Crippen molar-refractivity contribution in [3.63, 3.8) is 0 Å². The molecule has 0 aliphatic carbocycles. The average molecular weight is 355 g/mol. The molecule has 0 saturated carbocycles. The number of pyridine rings is 1. The highest BCUT2D eigenvalue weighted by Crippen LogP contribution is 2.19. The van der Waals surface area contributed by atoms with Crippen LogP contribution in [0.4, 0.5) is 11.6 Å². The van der Waals surface area contributed by atoms with Gasteiger partial charge >= 0.3 is 0 Å². The lowest BCUT2D eigenvalue weighted by atomic mass is 10.3. The quantitative estimate of drug-likeness (QED) is 0.613. The summed E-state index contributed by atoms with van der Waals surface area (Å²) in [6, 6.07) is 7.64. The highest BCUT2D eigenvalue weighted by molar-refractivity contribution is 9.10. The van der Waals surface area contributed by atoms with Crippen molar-refractivity contribution in [1.29, 1.82) is 0 Å². The molecule has 0 bridgehead atoms. The van der Waals surface area contributed by atoms with E-state index in [-0.39, 0.29) is 0 Å². The third-order valence-electron chi connectivity index (χ3n) is 3.24. The van der Waals surface area contributed by atoms with Gasteiger partial charge in [-0.1, -0.05) is 17.7 Å². The zero-order valence-electron chi connectivity index (χ0n) is 10.7. The zero-order chi connectivity index (χ0) is 13.9. The molecule has 0 spiro atoms. The molecule has 0 aromatic carbocycles. The smallest absolute Gasteiger partial charge is 0.198 e. The SMILES string of the molecule is Clc1cccc(N2CCN(c3ccnc(Br)n3)CC2)n1. The van der Waals surface area contributed by atoms with Gasteiger partial charge in [0.2, 0.25) is 0 Å². The van der Waals surface area contributed by atoms with Crippen molar-refractivity contribution in [1.82, 2.24) is 15.0 Å². The lowest BCUT2D eigenvalue weighted by molar-refractivity contribution is 0.640. The molecule has 1 aliphatic rings. The highest BCUT2D eigenvalue weighted by atomic mass is 79.9. The van der Waals surface area contributed by atoms with Crippen molar-refractivity contribution in [3.05, 3.63) is 40.3 Å². The summed E-state index contributed by atoms with van der Waals surface area (Å²) < 4.78 is 0.619. The molecule has 0 N–H and O–H groups in total. The first-order valence-corrected chi connectivity index (χ1v) is 7.50.